The molecule has 1 spiro atoms. The lowest BCUT2D eigenvalue weighted by atomic mass is 9.73. The Morgan fingerprint density at radius 3 is 3.00 bits per heavy atom. The maximum absolute atomic E-state index is 8.35. The van der Waals surface area contributed by atoms with Crippen molar-refractivity contribution in [3.05, 3.63) is 10.4 Å². The van der Waals surface area contributed by atoms with E-state index in [4.69, 9.17) is 5.53 Å². The average Bonchev–Trinajstić information content (AvgIpc) is 2.59. The van der Waals surface area contributed by atoms with Gasteiger partial charge in [-0.2, -0.15) is 11.8 Å². The van der Waals surface area contributed by atoms with Crippen LogP contribution in [0.4, 0.5) is 0 Å². The number of nitrogens with one attached hydrogen (secondary N) is 1. The zero-order valence-electron chi connectivity index (χ0n) is 8.28. The van der Waals surface area contributed by atoms with Crippen LogP contribution in [0.2, 0.25) is 0 Å². The van der Waals surface area contributed by atoms with Gasteiger partial charge in [-0.3, -0.25) is 0 Å². The Balaban J connectivity index is 2.03. The number of hydrogen-bond donors (Lipinski definition) is 1. The van der Waals surface area contributed by atoms with E-state index < -0.39 is 0 Å². The van der Waals surface area contributed by atoms with Crippen LogP contribution >= 0.6 is 11.8 Å². The molecule has 0 aromatic carbocycles. The number of thioether (sulfide) groups is 1. The number of rotatable bonds is 2. The summed E-state index contributed by atoms with van der Waals surface area (Å²) in [6, 6.07) is 0. The lowest BCUT2D eigenvalue weighted by Gasteiger charge is -2.37. The predicted molar refractivity (Wildman–Crippen MR) is 59.4 cm³/mol. The minimum Gasteiger partial charge on any atom is -0.316 e. The topological polar surface area (TPSA) is 60.8 Å². The Kier molecular flexibility index (Phi) is 3.21. The van der Waals surface area contributed by atoms with Crippen LogP contribution in [0, 0.1) is 11.3 Å². The van der Waals surface area contributed by atoms with Crippen LogP contribution in [0.25, 0.3) is 10.4 Å². The SMILES string of the molecule is [N-]=[N+]=NCC1CNCC12CCSCC2. The third-order valence-electron chi connectivity index (χ3n) is 3.59. The van der Waals surface area contributed by atoms with E-state index in [9.17, 15) is 0 Å². The molecule has 0 saturated carbocycles. The van der Waals surface area contributed by atoms with Crippen molar-refractivity contribution in [2.45, 2.75) is 12.8 Å². The molecule has 0 bridgehead atoms. The molecule has 2 aliphatic rings. The maximum atomic E-state index is 8.35. The molecule has 1 atom stereocenters. The number of azide groups is 1. The van der Waals surface area contributed by atoms with E-state index >= 15 is 0 Å². The van der Waals surface area contributed by atoms with Crippen molar-refractivity contribution in [2.24, 2.45) is 16.4 Å². The molecule has 0 amide bonds. The van der Waals surface area contributed by atoms with Crippen molar-refractivity contribution < 1.29 is 0 Å². The molecule has 0 aromatic rings. The summed E-state index contributed by atoms with van der Waals surface area (Å²) in [7, 11) is 0. The van der Waals surface area contributed by atoms with Gasteiger partial charge in [-0.1, -0.05) is 5.11 Å². The van der Waals surface area contributed by atoms with Gasteiger partial charge in [-0.25, -0.2) is 0 Å². The highest BCUT2D eigenvalue weighted by molar-refractivity contribution is 7.99. The van der Waals surface area contributed by atoms with Crippen LogP contribution in [0.5, 0.6) is 0 Å². The summed E-state index contributed by atoms with van der Waals surface area (Å²) in [6.45, 7) is 2.83. The van der Waals surface area contributed by atoms with Gasteiger partial charge in [0.25, 0.3) is 0 Å². The van der Waals surface area contributed by atoms with Gasteiger partial charge in [-0.15, -0.1) is 0 Å². The minimum atomic E-state index is 0.444. The average molecular weight is 212 g/mol. The molecule has 2 saturated heterocycles. The molecule has 2 aliphatic heterocycles. The quantitative estimate of drug-likeness (QED) is 0.432. The Hall–Kier alpha value is -0.380. The Bertz CT molecular complexity index is 243. The molecular weight excluding hydrogens is 196 g/mol. The van der Waals surface area contributed by atoms with E-state index in [-0.39, 0.29) is 0 Å². The highest BCUT2D eigenvalue weighted by Crippen LogP contribution is 2.43. The summed E-state index contributed by atoms with van der Waals surface area (Å²) < 4.78 is 0. The van der Waals surface area contributed by atoms with Crippen molar-refractivity contribution in [3.8, 4) is 0 Å². The Morgan fingerprint density at radius 1 is 1.50 bits per heavy atom. The molecule has 2 rings (SSSR count). The molecule has 14 heavy (non-hydrogen) atoms. The van der Waals surface area contributed by atoms with Gasteiger partial charge < -0.3 is 5.32 Å². The first-order chi connectivity index (χ1) is 6.87. The lowest BCUT2D eigenvalue weighted by molar-refractivity contribution is 0.210. The van der Waals surface area contributed by atoms with Crippen molar-refractivity contribution >= 4 is 11.8 Å². The first kappa shape index (κ1) is 10.1. The summed E-state index contributed by atoms with van der Waals surface area (Å²) >= 11 is 2.05. The predicted octanol–water partition coefficient (Wildman–Crippen LogP) is 2.03. The molecule has 0 radical (unpaired) electrons. The third-order valence-corrected chi connectivity index (χ3v) is 4.57. The van der Waals surface area contributed by atoms with Crippen LogP contribution in [-0.2, 0) is 0 Å². The van der Waals surface area contributed by atoms with Gasteiger partial charge in [0, 0.05) is 18.0 Å². The first-order valence-corrected chi connectivity index (χ1v) is 6.32. The van der Waals surface area contributed by atoms with Crippen molar-refractivity contribution in [1.82, 2.24) is 5.32 Å². The van der Waals surface area contributed by atoms with E-state index in [1.807, 2.05) is 0 Å². The second-order valence-corrected chi connectivity index (χ2v) is 5.44. The van der Waals surface area contributed by atoms with E-state index in [0.29, 0.717) is 17.9 Å². The molecule has 4 nitrogen and oxygen atoms in total. The smallest absolute Gasteiger partial charge is 0.0304 e. The molecule has 5 heteroatoms. The zero-order valence-corrected chi connectivity index (χ0v) is 9.09. The highest BCUT2D eigenvalue weighted by Gasteiger charge is 2.42. The first-order valence-electron chi connectivity index (χ1n) is 5.17. The molecule has 0 aromatic heterocycles. The summed E-state index contributed by atoms with van der Waals surface area (Å²) in [5.41, 5.74) is 8.79. The Labute approximate surface area is 88.5 Å². The number of nitrogens with zero attached hydrogens (tertiary/aromatic N) is 3. The van der Waals surface area contributed by atoms with Gasteiger partial charge in [0.05, 0.1) is 0 Å². The second-order valence-electron chi connectivity index (χ2n) is 4.22. The van der Waals surface area contributed by atoms with Gasteiger partial charge in [0.15, 0.2) is 0 Å². The molecule has 0 aliphatic carbocycles. The fourth-order valence-electron chi connectivity index (χ4n) is 2.61. The maximum Gasteiger partial charge on any atom is 0.0304 e. The van der Waals surface area contributed by atoms with Crippen molar-refractivity contribution in [1.29, 1.82) is 0 Å². The van der Waals surface area contributed by atoms with E-state index in [2.05, 4.69) is 27.1 Å². The van der Waals surface area contributed by atoms with E-state index in [1.165, 1.54) is 24.3 Å². The van der Waals surface area contributed by atoms with Gasteiger partial charge in [0.1, 0.15) is 0 Å². The van der Waals surface area contributed by atoms with Crippen LogP contribution in [0.3, 0.4) is 0 Å². The normalized spacial score (nSPS) is 30.1. The van der Waals surface area contributed by atoms with E-state index in [1.54, 1.807) is 0 Å². The summed E-state index contributed by atoms with van der Waals surface area (Å²) in [6.07, 6.45) is 2.58. The highest BCUT2D eigenvalue weighted by atomic mass is 32.2. The Morgan fingerprint density at radius 2 is 2.29 bits per heavy atom. The second kappa shape index (κ2) is 4.43. The molecule has 2 fully saturated rings. The lowest BCUT2D eigenvalue weighted by Crippen LogP contribution is -2.35. The van der Waals surface area contributed by atoms with Crippen molar-refractivity contribution in [2.75, 3.05) is 31.1 Å². The van der Waals surface area contributed by atoms with Crippen LogP contribution in [0.1, 0.15) is 12.8 Å². The zero-order chi connectivity index (χ0) is 9.86. The largest absolute Gasteiger partial charge is 0.316 e. The fourth-order valence-corrected chi connectivity index (χ4v) is 3.92. The summed E-state index contributed by atoms with van der Waals surface area (Å²) in [5, 5.41) is 7.19. The molecule has 1 N–H and O–H groups in total. The number of hydrogen-bond acceptors (Lipinski definition) is 3. The van der Waals surface area contributed by atoms with Gasteiger partial charge in [0.2, 0.25) is 0 Å². The standard InChI is InChI=1S/C9H16N4S/c10-13-12-6-8-5-11-7-9(8)1-3-14-4-2-9/h8,11H,1-7H2. The van der Waals surface area contributed by atoms with Gasteiger partial charge in [-0.05, 0) is 47.8 Å². The summed E-state index contributed by atoms with van der Waals surface area (Å²) in [4.78, 5) is 2.87. The van der Waals surface area contributed by atoms with Gasteiger partial charge >= 0.3 is 0 Å². The van der Waals surface area contributed by atoms with Crippen LogP contribution in [0.15, 0.2) is 5.11 Å². The van der Waals surface area contributed by atoms with Crippen LogP contribution in [-0.4, -0.2) is 31.1 Å². The monoisotopic (exact) mass is 212 g/mol. The minimum absolute atomic E-state index is 0.444. The molecule has 2 heterocycles. The molecule has 1 unspecified atom stereocenters. The third kappa shape index (κ3) is 1.85. The molecular formula is C9H16N4S. The van der Waals surface area contributed by atoms with E-state index in [0.717, 1.165) is 13.1 Å². The summed E-state index contributed by atoms with van der Waals surface area (Å²) in [5.74, 6) is 3.11. The fraction of sp³-hybridized carbons (Fsp3) is 1.00. The van der Waals surface area contributed by atoms with Crippen LogP contribution < -0.4 is 5.32 Å². The molecule has 78 valence electrons. The van der Waals surface area contributed by atoms with Crippen molar-refractivity contribution in [3.63, 3.8) is 0 Å².